The van der Waals surface area contributed by atoms with Crippen molar-refractivity contribution in [1.29, 1.82) is 0 Å². The van der Waals surface area contributed by atoms with Crippen LogP contribution < -0.4 is 5.32 Å². The van der Waals surface area contributed by atoms with Gasteiger partial charge < -0.3 is 15.0 Å². The molecule has 0 bridgehead atoms. The van der Waals surface area contributed by atoms with Crippen LogP contribution >= 0.6 is 0 Å². The number of morpholine rings is 1. The fraction of sp³-hybridized carbons (Fsp3) is 0.500. The van der Waals surface area contributed by atoms with Crippen LogP contribution in [0.5, 0.6) is 0 Å². The van der Waals surface area contributed by atoms with E-state index in [2.05, 4.69) is 5.32 Å². The van der Waals surface area contributed by atoms with Gasteiger partial charge in [0.05, 0.1) is 18.8 Å². The maximum absolute atomic E-state index is 12.3. The molecule has 1 fully saturated rings. The zero-order valence-electron chi connectivity index (χ0n) is 12.8. The van der Waals surface area contributed by atoms with Crippen molar-refractivity contribution in [1.82, 2.24) is 4.90 Å². The molecule has 0 saturated carbocycles. The minimum absolute atomic E-state index is 0.0255. The van der Waals surface area contributed by atoms with E-state index in [0.29, 0.717) is 30.8 Å². The van der Waals surface area contributed by atoms with Crippen LogP contribution in [-0.2, 0) is 4.74 Å². The van der Waals surface area contributed by atoms with E-state index >= 15 is 0 Å². The van der Waals surface area contributed by atoms with E-state index in [-0.39, 0.29) is 24.0 Å². The van der Waals surface area contributed by atoms with Crippen molar-refractivity contribution in [2.24, 2.45) is 0 Å². The maximum atomic E-state index is 12.3. The quantitative estimate of drug-likeness (QED) is 0.871. The second kappa shape index (κ2) is 6.72. The summed E-state index contributed by atoms with van der Waals surface area (Å²) in [5, 5.41) is 2.86. The summed E-state index contributed by atoms with van der Waals surface area (Å²) in [5.74, 6) is 0.0689. The van der Waals surface area contributed by atoms with E-state index in [4.69, 9.17) is 4.74 Å². The molecular weight excluding hydrogens is 268 g/mol. The highest BCUT2D eigenvalue weighted by Gasteiger charge is 2.29. The predicted octanol–water partition coefficient (Wildman–Crippen LogP) is 2.92. The number of Topliss-reactive ketones (excluding diaryl/α,β-unsaturated/α-hetero) is 1. The number of benzene rings is 1. The lowest BCUT2D eigenvalue weighted by Gasteiger charge is -2.37. The SMILES string of the molecule is CCC(=O)c1cccc(NC(=O)N2CCOC(C)C2C)c1. The van der Waals surface area contributed by atoms with Gasteiger partial charge in [0, 0.05) is 24.2 Å². The first-order chi connectivity index (χ1) is 10.0. The van der Waals surface area contributed by atoms with E-state index in [1.807, 2.05) is 20.8 Å². The van der Waals surface area contributed by atoms with Crippen LogP contribution in [-0.4, -0.2) is 42.0 Å². The summed E-state index contributed by atoms with van der Waals surface area (Å²) in [5.41, 5.74) is 1.27. The lowest BCUT2D eigenvalue weighted by Crippen LogP contribution is -2.52. The molecule has 0 spiro atoms. The Balaban J connectivity index is 2.07. The zero-order valence-corrected chi connectivity index (χ0v) is 12.8. The number of carbonyl (C=O) groups excluding carboxylic acids is 2. The standard InChI is InChI=1S/C16H22N2O3/c1-4-15(19)13-6-5-7-14(10-13)17-16(20)18-8-9-21-12(3)11(18)2/h5-7,10-12H,4,8-9H2,1-3H3,(H,17,20). The number of anilines is 1. The van der Waals surface area contributed by atoms with Crippen LogP contribution in [0, 0.1) is 0 Å². The first-order valence-corrected chi connectivity index (χ1v) is 7.35. The van der Waals surface area contributed by atoms with Crippen molar-refractivity contribution in [3.63, 3.8) is 0 Å². The van der Waals surface area contributed by atoms with Crippen LogP contribution in [0.2, 0.25) is 0 Å². The molecule has 0 radical (unpaired) electrons. The van der Waals surface area contributed by atoms with Crippen molar-refractivity contribution < 1.29 is 14.3 Å². The van der Waals surface area contributed by atoms with Crippen molar-refractivity contribution in [3.8, 4) is 0 Å². The summed E-state index contributed by atoms with van der Waals surface area (Å²) >= 11 is 0. The first-order valence-electron chi connectivity index (χ1n) is 7.35. The number of hydrogen-bond acceptors (Lipinski definition) is 3. The molecule has 2 unspecified atom stereocenters. The normalized spacial score (nSPS) is 22.0. The van der Waals surface area contributed by atoms with Gasteiger partial charge in [-0.3, -0.25) is 4.79 Å². The fourth-order valence-electron chi connectivity index (χ4n) is 2.39. The van der Waals surface area contributed by atoms with Gasteiger partial charge in [0.1, 0.15) is 0 Å². The average molecular weight is 290 g/mol. The smallest absolute Gasteiger partial charge is 0.322 e. The molecule has 21 heavy (non-hydrogen) atoms. The summed E-state index contributed by atoms with van der Waals surface area (Å²) in [7, 11) is 0. The molecular formula is C16H22N2O3. The molecule has 0 aromatic heterocycles. The Bertz CT molecular complexity index is 530. The molecule has 1 aliphatic heterocycles. The maximum Gasteiger partial charge on any atom is 0.322 e. The molecule has 1 aromatic carbocycles. The second-order valence-corrected chi connectivity index (χ2v) is 5.30. The van der Waals surface area contributed by atoms with Crippen LogP contribution in [0.25, 0.3) is 0 Å². The van der Waals surface area contributed by atoms with Crippen molar-refractivity contribution >= 4 is 17.5 Å². The number of ether oxygens (including phenoxy) is 1. The van der Waals surface area contributed by atoms with Crippen molar-refractivity contribution in [3.05, 3.63) is 29.8 Å². The van der Waals surface area contributed by atoms with E-state index in [9.17, 15) is 9.59 Å². The molecule has 1 N–H and O–H groups in total. The second-order valence-electron chi connectivity index (χ2n) is 5.30. The van der Waals surface area contributed by atoms with Crippen LogP contribution in [0.1, 0.15) is 37.6 Å². The summed E-state index contributed by atoms with van der Waals surface area (Å²) in [6.45, 7) is 6.88. The highest BCUT2D eigenvalue weighted by Crippen LogP contribution is 2.17. The number of urea groups is 1. The molecule has 1 heterocycles. The van der Waals surface area contributed by atoms with Gasteiger partial charge in [-0.05, 0) is 26.0 Å². The number of nitrogens with one attached hydrogen (secondary N) is 1. The molecule has 2 amide bonds. The van der Waals surface area contributed by atoms with E-state index < -0.39 is 0 Å². The number of carbonyl (C=O) groups is 2. The Morgan fingerprint density at radius 3 is 2.86 bits per heavy atom. The Morgan fingerprint density at radius 2 is 2.14 bits per heavy atom. The van der Waals surface area contributed by atoms with Crippen LogP contribution in [0.15, 0.2) is 24.3 Å². The number of hydrogen-bond donors (Lipinski definition) is 1. The third kappa shape index (κ3) is 3.61. The lowest BCUT2D eigenvalue weighted by atomic mass is 10.1. The summed E-state index contributed by atoms with van der Waals surface area (Å²) in [6, 6.07) is 6.93. The lowest BCUT2D eigenvalue weighted by molar-refractivity contribution is -0.0355. The molecule has 5 heteroatoms. The van der Waals surface area contributed by atoms with Gasteiger partial charge in [0.25, 0.3) is 0 Å². The summed E-state index contributed by atoms with van der Waals surface area (Å²) in [4.78, 5) is 25.8. The molecule has 2 rings (SSSR count). The van der Waals surface area contributed by atoms with Gasteiger partial charge in [0.15, 0.2) is 5.78 Å². The first kappa shape index (κ1) is 15.5. The zero-order chi connectivity index (χ0) is 15.4. The van der Waals surface area contributed by atoms with Crippen LogP contribution in [0.4, 0.5) is 10.5 Å². The van der Waals surface area contributed by atoms with Gasteiger partial charge in [-0.25, -0.2) is 4.79 Å². The molecule has 1 saturated heterocycles. The molecule has 114 valence electrons. The third-order valence-corrected chi connectivity index (χ3v) is 3.90. The minimum Gasteiger partial charge on any atom is -0.375 e. The predicted molar refractivity (Wildman–Crippen MR) is 81.7 cm³/mol. The Hall–Kier alpha value is -1.88. The van der Waals surface area contributed by atoms with Gasteiger partial charge in [0.2, 0.25) is 0 Å². The van der Waals surface area contributed by atoms with E-state index in [0.717, 1.165) is 0 Å². The molecule has 1 aromatic rings. The third-order valence-electron chi connectivity index (χ3n) is 3.90. The van der Waals surface area contributed by atoms with E-state index in [1.165, 1.54) is 0 Å². The van der Waals surface area contributed by atoms with Gasteiger partial charge in [-0.15, -0.1) is 0 Å². The van der Waals surface area contributed by atoms with Crippen molar-refractivity contribution in [2.45, 2.75) is 39.3 Å². The monoisotopic (exact) mass is 290 g/mol. The van der Waals surface area contributed by atoms with Crippen LogP contribution in [0.3, 0.4) is 0 Å². The number of rotatable bonds is 3. The molecule has 0 aliphatic carbocycles. The largest absolute Gasteiger partial charge is 0.375 e. The highest BCUT2D eigenvalue weighted by molar-refractivity contribution is 5.98. The Kier molecular flexibility index (Phi) is 4.96. The number of nitrogens with zero attached hydrogens (tertiary/aromatic N) is 1. The van der Waals surface area contributed by atoms with Gasteiger partial charge in [-0.2, -0.15) is 0 Å². The molecule has 5 nitrogen and oxygen atoms in total. The highest BCUT2D eigenvalue weighted by atomic mass is 16.5. The van der Waals surface area contributed by atoms with Gasteiger partial charge >= 0.3 is 6.03 Å². The van der Waals surface area contributed by atoms with Gasteiger partial charge in [-0.1, -0.05) is 19.1 Å². The molecule has 1 aliphatic rings. The number of amides is 2. The number of ketones is 1. The Morgan fingerprint density at radius 1 is 1.38 bits per heavy atom. The summed E-state index contributed by atoms with van der Waals surface area (Å²) in [6.07, 6.45) is 0.479. The minimum atomic E-state index is -0.154. The average Bonchev–Trinajstić information content (AvgIpc) is 2.49. The van der Waals surface area contributed by atoms with Crippen molar-refractivity contribution in [2.75, 3.05) is 18.5 Å². The fourth-order valence-corrected chi connectivity index (χ4v) is 2.39. The topological polar surface area (TPSA) is 58.6 Å². The van der Waals surface area contributed by atoms with E-state index in [1.54, 1.807) is 29.2 Å². The summed E-state index contributed by atoms with van der Waals surface area (Å²) < 4.78 is 5.52. The molecule has 2 atom stereocenters. The Labute approximate surface area is 125 Å².